The summed E-state index contributed by atoms with van der Waals surface area (Å²) in [6, 6.07) is 23.7. The topological polar surface area (TPSA) is 21.3 Å². The van der Waals surface area contributed by atoms with E-state index < -0.39 is 0 Å². The number of para-hydroxylation sites is 1. The standard InChI is InChI=1S/C29H33NOS/c1-28(2,3)21-14-11-19(12-15-21)27(32)24-18-29(4,5)30-25-16-13-20(17-23(24)25)22-9-7-8-10-26(22)31-6/h7-18,27,30,32H,1-6H3. The van der Waals surface area contributed by atoms with Gasteiger partial charge in [0.2, 0.25) is 0 Å². The molecule has 0 saturated heterocycles. The summed E-state index contributed by atoms with van der Waals surface area (Å²) in [6.45, 7) is 11.1. The molecule has 0 radical (unpaired) electrons. The second kappa shape index (κ2) is 8.37. The Morgan fingerprint density at radius 3 is 2.25 bits per heavy atom. The van der Waals surface area contributed by atoms with Gasteiger partial charge in [0.25, 0.3) is 0 Å². The van der Waals surface area contributed by atoms with Gasteiger partial charge in [-0.05, 0) is 59.7 Å². The second-order valence-electron chi connectivity index (χ2n) is 10.2. The van der Waals surface area contributed by atoms with E-state index in [4.69, 9.17) is 17.4 Å². The fourth-order valence-electron chi connectivity index (χ4n) is 4.36. The molecule has 32 heavy (non-hydrogen) atoms. The minimum absolute atomic E-state index is 0.0166. The summed E-state index contributed by atoms with van der Waals surface area (Å²) in [4.78, 5) is 0. The number of fused-ring (bicyclic) bond motifs is 1. The number of benzene rings is 3. The molecule has 3 heteroatoms. The smallest absolute Gasteiger partial charge is 0.126 e. The predicted molar refractivity (Wildman–Crippen MR) is 141 cm³/mol. The van der Waals surface area contributed by atoms with Gasteiger partial charge >= 0.3 is 0 Å². The number of hydrogen-bond acceptors (Lipinski definition) is 3. The maximum absolute atomic E-state index is 5.61. The van der Waals surface area contributed by atoms with Crippen LogP contribution < -0.4 is 10.1 Å². The Hall–Kier alpha value is -2.65. The molecule has 0 fully saturated rings. The van der Waals surface area contributed by atoms with Gasteiger partial charge in [-0.3, -0.25) is 0 Å². The van der Waals surface area contributed by atoms with E-state index in [-0.39, 0.29) is 16.2 Å². The van der Waals surface area contributed by atoms with Crippen molar-refractivity contribution >= 4 is 23.9 Å². The van der Waals surface area contributed by atoms with Gasteiger partial charge < -0.3 is 10.1 Å². The molecule has 1 unspecified atom stereocenters. The summed E-state index contributed by atoms with van der Waals surface area (Å²) >= 11 is 5.11. The van der Waals surface area contributed by atoms with E-state index in [1.807, 2.05) is 18.2 Å². The summed E-state index contributed by atoms with van der Waals surface area (Å²) in [7, 11) is 1.72. The highest BCUT2D eigenvalue weighted by Gasteiger charge is 2.28. The first-order valence-electron chi connectivity index (χ1n) is 11.2. The van der Waals surface area contributed by atoms with Gasteiger partial charge in [-0.15, -0.1) is 0 Å². The van der Waals surface area contributed by atoms with Crippen LogP contribution in [0.2, 0.25) is 0 Å². The maximum Gasteiger partial charge on any atom is 0.126 e. The van der Waals surface area contributed by atoms with Crippen molar-refractivity contribution < 1.29 is 4.74 Å². The number of ether oxygens (including phenoxy) is 1. The second-order valence-corrected chi connectivity index (χ2v) is 10.7. The third kappa shape index (κ3) is 4.45. The van der Waals surface area contributed by atoms with Crippen molar-refractivity contribution in [3.8, 4) is 16.9 Å². The molecular formula is C29H33NOS. The van der Waals surface area contributed by atoms with E-state index in [0.29, 0.717) is 0 Å². The van der Waals surface area contributed by atoms with Gasteiger partial charge in [-0.2, -0.15) is 12.6 Å². The molecule has 1 N–H and O–H groups in total. The Kier molecular flexibility index (Phi) is 5.89. The SMILES string of the molecule is COc1ccccc1-c1ccc2c(c1)C(C(S)c1ccc(C(C)(C)C)cc1)=CC(C)(C)N2. The van der Waals surface area contributed by atoms with Crippen molar-refractivity contribution in [2.24, 2.45) is 0 Å². The van der Waals surface area contributed by atoms with Crippen molar-refractivity contribution in [2.45, 2.75) is 50.8 Å². The molecular weight excluding hydrogens is 410 g/mol. The monoisotopic (exact) mass is 443 g/mol. The van der Waals surface area contributed by atoms with E-state index in [2.05, 4.69) is 94.5 Å². The molecule has 4 rings (SSSR count). The van der Waals surface area contributed by atoms with Gasteiger partial charge in [0.05, 0.1) is 17.9 Å². The van der Waals surface area contributed by atoms with Gasteiger partial charge in [0, 0.05) is 16.8 Å². The summed E-state index contributed by atoms with van der Waals surface area (Å²) in [5, 5.41) is 3.65. The molecule has 0 bridgehead atoms. The van der Waals surface area contributed by atoms with Crippen molar-refractivity contribution in [1.82, 2.24) is 0 Å². The first-order valence-corrected chi connectivity index (χ1v) is 11.7. The first-order chi connectivity index (χ1) is 15.1. The van der Waals surface area contributed by atoms with Crippen LogP contribution >= 0.6 is 12.6 Å². The van der Waals surface area contributed by atoms with E-state index in [1.54, 1.807) is 7.11 Å². The molecule has 166 valence electrons. The van der Waals surface area contributed by atoms with Crippen LogP contribution in [0, 0.1) is 0 Å². The van der Waals surface area contributed by atoms with Gasteiger partial charge in [0.1, 0.15) is 5.75 Å². The Morgan fingerprint density at radius 1 is 0.906 bits per heavy atom. The van der Waals surface area contributed by atoms with Gasteiger partial charge in [-0.25, -0.2) is 0 Å². The fraction of sp³-hybridized carbons (Fsp3) is 0.310. The molecule has 1 atom stereocenters. The number of nitrogens with one attached hydrogen (secondary N) is 1. The van der Waals surface area contributed by atoms with Crippen LogP contribution in [0.15, 0.2) is 72.8 Å². The molecule has 2 nitrogen and oxygen atoms in total. The molecule has 3 aromatic rings. The van der Waals surface area contributed by atoms with E-state index >= 15 is 0 Å². The van der Waals surface area contributed by atoms with Crippen LogP contribution in [0.3, 0.4) is 0 Å². The van der Waals surface area contributed by atoms with Crippen LogP contribution in [-0.2, 0) is 5.41 Å². The van der Waals surface area contributed by atoms with E-state index in [1.165, 1.54) is 22.3 Å². The summed E-state index contributed by atoms with van der Waals surface area (Å²) in [5.74, 6) is 0.877. The molecule has 0 amide bonds. The molecule has 0 spiro atoms. The van der Waals surface area contributed by atoms with Crippen molar-refractivity contribution in [3.63, 3.8) is 0 Å². The largest absolute Gasteiger partial charge is 0.496 e. The Bertz CT molecular complexity index is 1150. The Balaban J connectivity index is 1.78. The zero-order chi connectivity index (χ0) is 23.1. The zero-order valence-electron chi connectivity index (χ0n) is 19.9. The molecule has 1 heterocycles. The number of hydrogen-bond donors (Lipinski definition) is 2. The molecule has 3 aromatic carbocycles. The van der Waals surface area contributed by atoms with Gasteiger partial charge in [0.15, 0.2) is 0 Å². The maximum atomic E-state index is 5.61. The summed E-state index contributed by atoms with van der Waals surface area (Å²) < 4.78 is 5.61. The lowest BCUT2D eigenvalue weighted by Gasteiger charge is -2.34. The minimum atomic E-state index is -0.152. The van der Waals surface area contributed by atoms with Crippen molar-refractivity contribution in [3.05, 3.63) is 89.5 Å². The lowest BCUT2D eigenvalue weighted by molar-refractivity contribution is 0.416. The molecule has 0 aliphatic carbocycles. The minimum Gasteiger partial charge on any atom is -0.496 e. The van der Waals surface area contributed by atoms with Crippen LogP contribution in [-0.4, -0.2) is 12.6 Å². The van der Waals surface area contributed by atoms with Crippen LogP contribution in [0.4, 0.5) is 5.69 Å². The highest BCUT2D eigenvalue weighted by atomic mass is 32.1. The van der Waals surface area contributed by atoms with Crippen LogP contribution in [0.5, 0.6) is 5.75 Å². The van der Waals surface area contributed by atoms with Crippen LogP contribution in [0.25, 0.3) is 16.7 Å². The number of rotatable bonds is 4. The number of thiol groups is 1. The highest BCUT2D eigenvalue weighted by molar-refractivity contribution is 7.81. The first kappa shape index (κ1) is 22.5. The highest BCUT2D eigenvalue weighted by Crippen LogP contribution is 2.45. The predicted octanol–water partition coefficient (Wildman–Crippen LogP) is 7.92. The van der Waals surface area contributed by atoms with Crippen LogP contribution in [0.1, 0.15) is 56.6 Å². The summed E-state index contributed by atoms with van der Waals surface area (Å²) in [6.07, 6.45) is 2.32. The Labute approximate surface area is 198 Å². The van der Waals surface area contributed by atoms with Crippen molar-refractivity contribution in [1.29, 1.82) is 0 Å². The van der Waals surface area contributed by atoms with E-state index in [0.717, 1.165) is 22.6 Å². The lowest BCUT2D eigenvalue weighted by atomic mass is 9.83. The number of anilines is 1. The zero-order valence-corrected chi connectivity index (χ0v) is 20.8. The summed E-state index contributed by atoms with van der Waals surface area (Å²) in [5.41, 5.74) is 8.30. The third-order valence-corrected chi connectivity index (χ3v) is 6.69. The molecule has 1 aliphatic rings. The lowest BCUT2D eigenvalue weighted by Crippen LogP contribution is -2.32. The molecule has 1 aliphatic heterocycles. The third-order valence-electron chi connectivity index (χ3n) is 6.11. The number of methoxy groups -OCH3 is 1. The normalized spacial score (nSPS) is 15.9. The van der Waals surface area contributed by atoms with Crippen molar-refractivity contribution in [2.75, 3.05) is 12.4 Å². The van der Waals surface area contributed by atoms with E-state index in [9.17, 15) is 0 Å². The van der Waals surface area contributed by atoms with Gasteiger partial charge in [-0.1, -0.05) is 75.4 Å². The fourth-order valence-corrected chi connectivity index (χ4v) is 4.75. The average molecular weight is 444 g/mol. The quantitative estimate of drug-likeness (QED) is 0.400. The Morgan fingerprint density at radius 2 is 1.59 bits per heavy atom. The average Bonchev–Trinajstić information content (AvgIpc) is 2.76. The molecule has 0 aromatic heterocycles. The molecule has 0 saturated carbocycles.